The van der Waals surface area contributed by atoms with Crippen LogP contribution in [0.2, 0.25) is 0 Å². The Morgan fingerprint density at radius 1 is 1.03 bits per heavy atom. The third-order valence-electron chi connectivity index (χ3n) is 4.76. The Hall–Kier alpha value is -3.35. The average molecular weight is 396 g/mol. The van der Waals surface area contributed by atoms with Gasteiger partial charge in [0.1, 0.15) is 0 Å². The molecular formula is C22H24N2O5. The van der Waals surface area contributed by atoms with Gasteiger partial charge in [0, 0.05) is 25.2 Å². The van der Waals surface area contributed by atoms with E-state index < -0.39 is 17.8 Å². The number of carbonyl (C=O) groups is 2. The molecule has 0 aliphatic heterocycles. The van der Waals surface area contributed by atoms with Crippen molar-refractivity contribution in [2.75, 3.05) is 13.1 Å². The standard InChI is InChI=1S/C22H24N2O5/c1-3-23(4-2)21(26)20(16-10-6-5-7-11-16)29-19(25)14-15-24-17-12-8-9-13-18(17)28-22(24)27/h5-13,20H,3-4,14-15H2,1-2H3/t20-/m0/s1. The maximum Gasteiger partial charge on any atom is 0.419 e. The first-order valence-corrected chi connectivity index (χ1v) is 9.66. The number of hydrogen-bond acceptors (Lipinski definition) is 5. The SMILES string of the molecule is CCN(CC)C(=O)[C@@H](OC(=O)CCn1c(=O)oc2ccccc21)c1ccccc1. The Morgan fingerprint density at radius 2 is 1.69 bits per heavy atom. The molecule has 1 aromatic heterocycles. The number of benzene rings is 2. The van der Waals surface area contributed by atoms with Gasteiger partial charge in [-0.1, -0.05) is 42.5 Å². The van der Waals surface area contributed by atoms with Crippen LogP contribution < -0.4 is 5.76 Å². The topological polar surface area (TPSA) is 81.8 Å². The quantitative estimate of drug-likeness (QED) is 0.547. The van der Waals surface area contributed by atoms with Crippen LogP contribution in [-0.2, 0) is 20.9 Å². The molecule has 3 aromatic rings. The molecule has 0 radical (unpaired) electrons. The van der Waals surface area contributed by atoms with E-state index >= 15 is 0 Å². The number of oxazole rings is 1. The lowest BCUT2D eigenvalue weighted by Crippen LogP contribution is -2.36. The maximum atomic E-state index is 12.9. The maximum absolute atomic E-state index is 12.9. The Kier molecular flexibility index (Phi) is 6.49. The van der Waals surface area contributed by atoms with E-state index in [4.69, 9.17) is 9.15 Å². The second-order valence-corrected chi connectivity index (χ2v) is 6.53. The zero-order valence-corrected chi connectivity index (χ0v) is 16.5. The highest BCUT2D eigenvalue weighted by Crippen LogP contribution is 2.21. The van der Waals surface area contributed by atoms with E-state index in [-0.39, 0.29) is 18.9 Å². The molecule has 0 N–H and O–H groups in total. The monoisotopic (exact) mass is 396 g/mol. The summed E-state index contributed by atoms with van der Waals surface area (Å²) in [6.45, 7) is 4.90. The van der Waals surface area contributed by atoms with E-state index in [2.05, 4.69) is 0 Å². The second-order valence-electron chi connectivity index (χ2n) is 6.53. The number of esters is 1. The van der Waals surface area contributed by atoms with Crippen molar-refractivity contribution in [2.24, 2.45) is 0 Å². The van der Waals surface area contributed by atoms with Gasteiger partial charge in [-0.25, -0.2) is 4.79 Å². The number of amides is 1. The van der Waals surface area contributed by atoms with Gasteiger partial charge < -0.3 is 14.1 Å². The molecule has 0 aliphatic carbocycles. The fourth-order valence-corrected chi connectivity index (χ4v) is 3.21. The van der Waals surface area contributed by atoms with Crippen molar-refractivity contribution < 1.29 is 18.7 Å². The molecule has 7 heteroatoms. The van der Waals surface area contributed by atoms with E-state index in [1.165, 1.54) is 4.57 Å². The van der Waals surface area contributed by atoms with Crippen LogP contribution in [-0.4, -0.2) is 34.4 Å². The van der Waals surface area contributed by atoms with Gasteiger partial charge in [-0.2, -0.15) is 0 Å². The van der Waals surface area contributed by atoms with E-state index in [0.717, 1.165) is 0 Å². The first kappa shape index (κ1) is 20.4. The van der Waals surface area contributed by atoms with Gasteiger partial charge in [-0.05, 0) is 26.0 Å². The summed E-state index contributed by atoms with van der Waals surface area (Å²) in [5.74, 6) is -1.35. The van der Waals surface area contributed by atoms with Crippen LogP contribution in [0, 0.1) is 0 Å². The van der Waals surface area contributed by atoms with Crippen LogP contribution in [0.3, 0.4) is 0 Å². The molecule has 7 nitrogen and oxygen atoms in total. The van der Waals surface area contributed by atoms with E-state index in [0.29, 0.717) is 29.8 Å². The van der Waals surface area contributed by atoms with Gasteiger partial charge in [0.2, 0.25) is 6.10 Å². The van der Waals surface area contributed by atoms with Gasteiger partial charge in [0.05, 0.1) is 11.9 Å². The van der Waals surface area contributed by atoms with E-state index in [1.54, 1.807) is 53.4 Å². The molecule has 0 fully saturated rings. The van der Waals surface area contributed by atoms with Crippen molar-refractivity contribution in [1.82, 2.24) is 9.47 Å². The summed E-state index contributed by atoms with van der Waals surface area (Å²) < 4.78 is 12.1. The molecule has 2 aromatic carbocycles. The summed E-state index contributed by atoms with van der Waals surface area (Å²) in [5.41, 5.74) is 1.69. The number of rotatable bonds is 8. The zero-order valence-electron chi connectivity index (χ0n) is 16.5. The van der Waals surface area contributed by atoms with Crippen molar-refractivity contribution in [3.05, 3.63) is 70.7 Å². The number of para-hydroxylation sites is 2. The van der Waals surface area contributed by atoms with Crippen LogP contribution in [0.15, 0.2) is 63.8 Å². The van der Waals surface area contributed by atoms with Crippen LogP contribution in [0.1, 0.15) is 31.9 Å². The summed E-state index contributed by atoms with van der Waals surface area (Å²) in [6.07, 6.45) is -1.07. The Morgan fingerprint density at radius 3 is 2.38 bits per heavy atom. The van der Waals surface area contributed by atoms with Crippen LogP contribution in [0.5, 0.6) is 0 Å². The lowest BCUT2D eigenvalue weighted by atomic mass is 10.1. The summed E-state index contributed by atoms with van der Waals surface area (Å²) in [4.78, 5) is 39.1. The molecule has 1 atom stereocenters. The number of carbonyl (C=O) groups excluding carboxylic acids is 2. The smallest absolute Gasteiger partial charge is 0.419 e. The normalized spacial score (nSPS) is 11.9. The van der Waals surface area contributed by atoms with Crippen molar-refractivity contribution in [1.29, 1.82) is 0 Å². The molecule has 29 heavy (non-hydrogen) atoms. The predicted octanol–water partition coefficient (Wildman–Crippen LogP) is 3.14. The number of aryl methyl sites for hydroxylation is 1. The summed E-state index contributed by atoms with van der Waals surface area (Å²) in [5, 5.41) is 0. The molecule has 0 aliphatic rings. The highest BCUT2D eigenvalue weighted by atomic mass is 16.5. The lowest BCUT2D eigenvalue weighted by Gasteiger charge is -2.25. The van der Waals surface area contributed by atoms with Crippen LogP contribution >= 0.6 is 0 Å². The molecular weight excluding hydrogens is 372 g/mol. The Labute approximate surface area is 168 Å². The minimum Gasteiger partial charge on any atom is -0.447 e. The minimum absolute atomic E-state index is 0.0572. The van der Waals surface area contributed by atoms with Crippen LogP contribution in [0.25, 0.3) is 11.1 Å². The zero-order chi connectivity index (χ0) is 20.8. The van der Waals surface area contributed by atoms with Crippen molar-refractivity contribution in [3.63, 3.8) is 0 Å². The first-order chi connectivity index (χ1) is 14.0. The summed E-state index contributed by atoms with van der Waals surface area (Å²) in [6, 6.07) is 15.9. The number of likely N-dealkylation sites (N-methyl/N-ethyl adjacent to an activating group) is 1. The van der Waals surface area contributed by atoms with Gasteiger partial charge in [-0.15, -0.1) is 0 Å². The molecule has 0 saturated carbocycles. The molecule has 152 valence electrons. The van der Waals surface area contributed by atoms with E-state index in [9.17, 15) is 14.4 Å². The van der Waals surface area contributed by atoms with Gasteiger partial charge in [0.25, 0.3) is 5.91 Å². The number of nitrogens with zero attached hydrogens (tertiary/aromatic N) is 2. The fourth-order valence-electron chi connectivity index (χ4n) is 3.21. The number of aromatic nitrogens is 1. The number of hydrogen-bond donors (Lipinski definition) is 0. The fraction of sp³-hybridized carbons (Fsp3) is 0.318. The van der Waals surface area contributed by atoms with Crippen molar-refractivity contribution in [2.45, 2.75) is 32.9 Å². The molecule has 1 amide bonds. The summed E-state index contributed by atoms with van der Waals surface area (Å²) in [7, 11) is 0. The molecule has 0 unspecified atom stereocenters. The second kappa shape index (κ2) is 9.23. The summed E-state index contributed by atoms with van der Waals surface area (Å²) >= 11 is 0. The Bertz CT molecular complexity index is 1030. The van der Waals surface area contributed by atoms with Gasteiger partial charge in [-0.3, -0.25) is 14.2 Å². The van der Waals surface area contributed by atoms with Crippen molar-refractivity contribution in [3.8, 4) is 0 Å². The van der Waals surface area contributed by atoms with Gasteiger partial charge in [0.15, 0.2) is 5.58 Å². The Balaban J connectivity index is 1.75. The molecule has 0 saturated heterocycles. The predicted molar refractivity (Wildman–Crippen MR) is 108 cm³/mol. The molecule has 0 spiro atoms. The van der Waals surface area contributed by atoms with Crippen LogP contribution in [0.4, 0.5) is 0 Å². The van der Waals surface area contributed by atoms with Crippen molar-refractivity contribution >= 4 is 23.0 Å². The average Bonchev–Trinajstić information content (AvgIpc) is 3.06. The molecule has 0 bridgehead atoms. The molecule has 3 rings (SSSR count). The van der Waals surface area contributed by atoms with E-state index in [1.807, 2.05) is 19.9 Å². The largest absolute Gasteiger partial charge is 0.447 e. The lowest BCUT2D eigenvalue weighted by molar-refractivity contribution is -0.161. The van der Waals surface area contributed by atoms with Gasteiger partial charge >= 0.3 is 11.7 Å². The first-order valence-electron chi connectivity index (χ1n) is 9.66. The molecule has 1 heterocycles. The third kappa shape index (κ3) is 4.56. The number of fused-ring (bicyclic) bond motifs is 1. The number of ether oxygens (including phenoxy) is 1. The minimum atomic E-state index is -1.01. The highest BCUT2D eigenvalue weighted by Gasteiger charge is 2.28. The third-order valence-corrected chi connectivity index (χ3v) is 4.76. The highest BCUT2D eigenvalue weighted by molar-refractivity contribution is 5.85.